The number of hydrogen-bond acceptors (Lipinski definition) is 4. The monoisotopic (exact) mass is 297 g/mol. The first-order valence-corrected chi connectivity index (χ1v) is 6.70. The number of likely N-dealkylation sites (N-methyl/N-ethyl adjacent to an activating group) is 1. The fraction of sp³-hybridized carbons (Fsp3) is 0.118. The van der Waals surface area contributed by atoms with Crippen LogP contribution in [-0.4, -0.2) is 31.3 Å². The molecule has 2 aromatic carbocycles. The molecule has 0 heterocycles. The average Bonchev–Trinajstić information content (AvgIpc) is 2.59. The van der Waals surface area contributed by atoms with E-state index >= 15 is 0 Å². The first kappa shape index (κ1) is 15.4. The highest BCUT2D eigenvalue weighted by molar-refractivity contribution is 6.14. The Morgan fingerprint density at radius 2 is 1.50 bits per heavy atom. The minimum absolute atomic E-state index is 0.139. The van der Waals surface area contributed by atoms with Gasteiger partial charge in [-0.2, -0.15) is 0 Å². The van der Waals surface area contributed by atoms with Gasteiger partial charge in [0.15, 0.2) is 12.4 Å². The number of hydrogen-bond donors (Lipinski definition) is 1. The summed E-state index contributed by atoms with van der Waals surface area (Å²) in [4.78, 5) is 35.7. The zero-order chi connectivity index (χ0) is 15.9. The highest BCUT2D eigenvalue weighted by Gasteiger charge is 2.19. The number of amides is 1. The Morgan fingerprint density at radius 3 is 2.14 bits per heavy atom. The maximum Gasteiger partial charge on any atom is 0.339 e. The van der Waals surface area contributed by atoms with Crippen LogP contribution in [0.5, 0.6) is 0 Å². The molecule has 1 amide bonds. The molecular formula is C17H15NO4. The van der Waals surface area contributed by atoms with Gasteiger partial charge in [-0.25, -0.2) is 4.79 Å². The predicted molar refractivity (Wildman–Crippen MR) is 80.7 cm³/mol. The van der Waals surface area contributed by atoms with Crippen LogP contribution >= 0.6 is 0 Å². The standard InChI is InChI=1S/C17H15NO4/c1-18-15(19)11-22-17(21)14-10-6-5-9-13(14)16(20)12-7-3-2-4-8-12/h2-10H,11H2,1H3,(H,18,19). The Hall–Kier alpha value is -2.95. The molecule has 0 aliphatic rings. The number of benzene rings is 2. The zero-order valence-electron chi connectivity index (χ0n) is 12.0. The summed E-state index contributed by atoms with van der Waals surface area (Å²) in [6, 6.07) is 15.0. The third-order valence-electron chi connectivity index (χ3n) is 3.04. The maximum absolute atomic E-state index is 12.5. The molecule has 5 heteroatoms. The van der Waals surface area contributed by atoms with E-state index in [-0.39, 0.29) is 23.5 Å². The second-order valence-electron chi connectivity index (χ2n) is 4.49. The van der Waals surface area contributed by atoms with Crippen molar-refractivity contribution in [2.75, 3.05) is 13.7 Å². The van der Waals surface area contributed by atoms with E-state index in [0.29, 0.717) is 5.56 Å². The van der Waals surface area contributed by atoms with Crippen molar-refractivity contribution in [2.24, 2.45) is 0 Å². The smallest absolute Gasteiger partial charge is 0.339 e. The van der Waals surface area contributed by atoms with E-state index < -0.39 is 11.9 Å². The van der Waals surface area contributed by atoms with Crippen molar-refractivity contribution in [2.45, 2.75) is 0 Å². The number of carbonyl (C=O) groups excluding carboxylic acids is 3. The van der Waals surface area contributed by atoms with Crippen LogP contribution < -0.4 is 5.32 Å². The molecule has 112 valence electrons. The van der Waals surface area contributed by atoms with Gasteiger partial charge in [0.2, 0.25) is 0 Å². The lowest BCUT2D eigenvalue weighted by atomic mass is 9.98. The van der Waals surface area contributed by atoms with Gasteiger partial charge in [-0.05, 0) is 6.07 Å². The van der Waals surface area contributed by atoms with Crippen molar-refractivity contribution in [1.82, 2.24) is 5.32 Å². The van der Waals surface area contributed by atoms with Crippen molar-refractivity contribution in [1.29, 1.82) is 0 Å². The second kappa shape index (κ2) is 7.17. The lowest BCUT2D eigenvalue weighted by molar-refractivity contribution is -0.123. The molecule has 0 saturated heterocycles. The Morgan fingerprint density at radius 1 is 0.909 bits per heavy atom. The van der Waals surface area contributed by atoms with Crippen LogP contribution in [-0.2, 0) is 9.53 Å². The molecule has 0 aliphatic carbocycles. The molecule has 1 N–H and O–H groups in total. The summed E-state index contributed by atoms with van der Waals surface area (Å²) >= 11 is 0. The molecule has 0 saturated carbocycles. The first-order chi connectivity index (χ1) is 10.6. The van der Waals surface area contributed by atoms with Gasteiger partial charge in [-0.1, -0.05) is 48.5 Å². The van der Waals surface area contributed by atoms with Crippen LogP contribution in [0.3, 0.4) is 0 Å². The number of ketones is 1. The quantitative estimate of drug-likeness (QED) is 0.675. The van der Waals surface area contributed by atoms with Gasteiger partial charge in [0.1, 0.15) is 0 Å². The van der Waals surface area contributed by atoms with Crippen molar-refractivity contribution in [3.05, 3.63) is 71.3 Å². The normalized spacial score (nSPS) is 9.86. The first-order valence-electron chi connectivity index (χ1n) is 6.70. The fourth-order valence-corrected chi connectivity index (χ4v) is 1.89. The van der Waals surface area contributed by atoms with E-state index in [1.807, 2.05) is 0 Å². The predicted octanol–water partition coefficient (Wildman–Crippen LogP) is 1.82. The van der Waals surface area contributed by atoms with Gasteiger partial charge in [-0.15, -0.1) is 0 Å². The number of ether oxygens (including phenoxy) is 1. The topological polar surface area (TPSA) is 72.5 Å². The summed E-state index contributed by atoms with van der Waals surface area (Å²) in [7, 11) is 1.45. The van der Waals surface area contributed by atoms with E-state index in [9.17, 15) is 14.4 Å². The summed E-state index contributed by atoms with van der Waals surface area (Å²) < 4.78 is 4.90. The molecule has 0 unspecified atom stereocenters. The lowest BCUT2D eigenvalue weighted by Gasteiger charge is -2.08. The maximum atomic E-state index is 12.5. The molecule has 0 radical (unpaired) electrons. The van der Waals surface area contributed by atoms with E-state index in [2.05, 4.69) is 5.32 Å². The van der Waals surface area contributed by atoms with Crippen LogP contribution in [0, 0.1) is 0 Å². The van der Waals surface area contributed by atoms with Crippen LogP contribution in [0.1, 0.15) is 26.3 Å². The Bertz CT molecular complexity index is 695. The van der Waals surface area contributed by atoms with Gasteiger partial charge < -0.3 is 10.1 Å². The zero-order valence-corrected chi connectivity index (χ0v) is 12.0. The molecule has 5 nitrogen and oxygen atoms in total. The van der Waals surface area contributed by atoms with Gasteiger partial charge in [0.05, 0.1) is 5.56 Å². The van der Waals surface area contributed by atoms with Crippen molar-refractivity contribution in [3.8, 4) is 0 Å². The Balaban J connectivity index is 2.25. The highest BCUT2D eigenvalue weighted by Crippen LogP contribution is 2.15. The molecule has 22 heavy (non-hydrogen) atoms. The van der Waals surface area contributed by atoms with E-state index in [0.717, 1.165) is 0 Å². The summed E-state index contributed by atoms with van der Waals surface area (Å²) in [5, 5.41) is 2.35. The number of rotatable bonds is 5. The minimum Gasteiger partial charge on any atom is -0.452 e. The number of nitrogens with one attached hydrogen (secondary N) is 1. The van der Waals surface area contributed by atoms with Crippen LogP contribution in [0.4, 0.5) is 0 Å². The largest absolute Gasteiger partial charge is 0.452 e. The molecule has 0 spiro atoms. The third kappa shape index (κ3) is 3.58. The van der Waals surface area contributed by atoms with Crippen molar-refractivity contribution >= 4 is 17.7 Å². The Labute approximate surface area is 127 Å². The summed E-state index contributed by atoms with van der Waals surface area (Å²) in [6.45, 7) is -0.386. The van der Waals surface area contributed by atoms with Crippen LogP contribution in [0.25, 0.3) is 0 Å². The highest BCUT2D eigenvalue weighted by atomic mass is 16.5. The molecule has 0 bridgehead atoms. The molecule has 0 aromatic heterocycles. The number of carbonyl (C=O) groups is 3. The van der Waals surface area contributed by atoms with Crippen LogP contribution in [0.15, 0.2) is 54.6 Å². The van der Waals surface area contributed by atoms with Gasteiger partial charge in [-0.3, -0.25) is 9.59 Å². The molecule has 2 rings (SSSR count). The van der Waals surface area contributed by atoms with Gasteiger partial charge in [0.25, 0.3) is 5.91 Å². The van der Waals surface area contributed by atoms with Gasteiger partial charge in [0, 0.05) is 18.2 Å². The van der Waals surface area contributed by atoms with Crippen molar-refractivity contribution in [3.63, 3.8) is 0 Å². The molecule has 0 fully saturated rings. The molecule has 0 atom stereocenters. The fourth-order valence-electron chi connectivity index (χ4n) is 1.89. The van der Waals surface area contributed by atoms with Crippen LogP contribution in [0.2, 0.25) is 0 Å². The van der Waals surface area contributed by atoms with Gasteiger partial charge >= 0.3 is 5.97 Å². The summed E-state index contributed by atoms with van der Waals surface area (Å²) in [5.41, 5.74) is 0.866. The number of esters is 1. The van der Waals surface area contributed by atoms with Crippen molar-refractivity contribution < 1.29 is 19.1 Å². The average molecular weight is 297 g/mol. The van der Waals surface area contributed by atoms with E-state index in [4.69, 9.17) is 4.74 Å². The molecular weight excluding hydrogens is 282 g/mol. The lowest BCUT2D eigenvalue weighted by Crippen LogP contribution is -2.25. The summed E-state index contributed by atoms with van der Waals surface area (Å²) in [5.74, 6) is -1.39. The minimum atomic E-state index is -0.705. The molecule has 2 aromatic rings. The summed E-state index contributed by atoms with van der Waals surface area (Å²) in [6.07, 6.45) is 0. The SMILES string of the molecule is CNC(=O)COC(=O)c1ccccc1C(=O)c1ccccc1. The van der Waals surface area contributed by atoms with E-state index in [1.165, 1.54) is 13.1 Å². The third-order valence-corrected chi connectivity index (χ3v) is 3.04. The Kier molecular flexibility index (Phi) is 5.03. The second-order valence-corrected chi connectivity index (χ2v) is 4.49. The van der Waals surface area contributed by atoms with E-state index in [1.54, 1.807) is 48.5 Å². The molecule has 0 aliphatic heterocycles.